The number of carbonyl (C=O) groups is 1. The van der Waals surface area contributed by atoms with Crippen molar-refractivity contribution in [3.8, 4) is 0 Å². The summed E-state index contributed by atoms with van der Waals surface area (Å²) in [5.41, 5.74) is 0. The topological polar surface area (TPSA) is 65.5 Å². The van der Waals surface area contributed by atoms with Crippen LogP contribution in [0.4, 0.5) is 0 Å². The minimum absolute atomic E-state index is 0. The van der Waals surface area contributed by atoms with Crippen LogP contribution in [0.1, 0.15) is 25.7 Å². The van der Waals surface area contributed by atoms with Crippen molar-refractivity contribution in [2.75, 3.05) is 31.6 Å². The van der Waals surface area contributed by atoms with Crippen molar-refractivity contribution >= 4 is 47.6 Å². The number of aliphatic imine (C=N–C) groups is 1. The van der Waals surface area contributed by atoms with Crippen molar-refractivity contribution in [3.05, 3.63) is 0 Å². The number of rotatable bonds is 3. The van der Waals surface area contributed by atoms with E-state index in [1.54, 1.807) is 7.05 Å². The van der Waals surface area contributed by atoms with Crippen molar-refractivity contribution in [2.24, 2.45) is 10.9 Å². The predicted octanol–water partition coefficient (Wildman–Crippen LogP) is 1.19. The predicted molar refractivity (Wildman–Crippen MR) is 96.0 cm³/mol. The van der Waals surface area contributed by atoms with Crippen molar-refractivity contribution in [3.63, 3.8) is 0 Å². The summed E-state index contributed by atoms with van der Waals surface area (Å²) < 4.78 is 0. The molecule has 0 aromatic carbocycles. The van der Waals surface area contributed by atoms with Gasteiger partial charge in [0.2, 0.25) is 5.91 Å². The highest BCUT2D eigenvalue weighted by Crippen LogP contribution is 2.21. The van der Waals surface area contributed by atoms with E-state index in [-0.39, 0.29) is 29.9 Å². The molecule has 2 fully saturated rings. The molecule has 7 heteroatoms. The SMILES string of the molecule is CN=C(NCC1CCSCC1)NC1CCC(=O)NC1.I. The Balaban J connectivity index is 0.00000200. The maximum absolute atomic E-state index is 11.1. The molecule has 20 heavy (non-hydrogen) atoms. The standard InChI is InChI=1S/C13H24N4OS.HI/c1-14-13(16-8-10-4-6-19-7-5-10)17-11-2-3-12(18)15-9-11;/h10-11H,2-9H2,1H3,(H,15,18)(H2,14,16,17);1H. The number of amides is 1. The largest absolute Gasteiger partial charge is 0.356 e. The Bertz CT molecular complexity index is 324. The minimum atomic E-state index is 0. The average Bonchev–Trinajstić information content (AvgIpc) is 2.46. The van der Waals surface area contributed by atoms with Crippen LogP contribution in [0, 0.1) is 5.92 Å². The molecule has 3 N–H and O–H groups in total. The molecule has 0 bridgehead atoms. The molecule has 0 saturated carbocycles. The van der Waals surface area contributed by atoms with Gasteiger partial charge in [-0.25, -0.2) is 0 Å². The van der Waals surface area contributed by atoms with E-state index in [0.29, 0.717) is 19.0 Å². The third-order valence-corrected chi connectivity index (χ3v) is 4.78. The smallest absolute Gasteiger partial charge is 0.220 e. The first-order chi connectivity index (χ1) is 9.28. The van der Waals surface area contributed by atoms with Gasteiger partial charge < -0.3 is 16.0 Å². The first kappa shape index (κ1) is 17.9. The summed E-state index contributed by atoms with van der Waals surface area (Å²) in [6, 6.07) is 0.297. The van der Waals surface area contributed by atoms with Crippen LogP contribution in [-0.2, 0) is 4.79 Å². The Kier molecular flexibility index (Phi) is 8.67. The van der Waals surface area contributed by atoms with Gasteiger partial charge in [-0.2, -0.15) is 11.8 Å². The van der Waals surface area contributed by atoms with Gasteiger partial charge in [-0.05, 0) is 36.7 Å². The van der Waals surface area contributed by atoms with Crippen LogP contribution in [0.25, 0.3) is 0 Å². The monoisotopic (exact) mass is 412 g/mol. The van der Waals surface area contributed by atoms with Gasteiger partial charge in [0.05, 0.1) is 0 Å². The molecular formula is C13H25IN4OS. The van der Waals surface area contributed by atoms with E-state index in [0.717, 1.165) is 24.8 Å². The van der Waals surface area contributed by atoms with E-state index in [9.17, 15) is 4.79 Å². The van der Waals surface area contributed by atoms with Gasteiger partial charge in [0, 0.05) is 32.6 Å². The van der Waals surface area contributed by atoms with E-state index >= 15 is 0 Å². The van der Waals surface area contributed by atoms with E-state index < -0.39 is 0 Å². The van der Waals surface area contributed by atoms with Crippen LogP contribution in [0.2, 0.25) is 0 Å². The van der Waals surface area contributed by atoms with Gasteiger partial charge in [0.1, 0.15) is 0 Å². The van der Waals surface area contributed by atoms with E-state index in [1.807, 2.05) is 0 Å². The van der Waals surface area contributed by atoms with Crippen molar-refractivity contribution in [2.45, 2.75) is 31.7 Å². The van der Waals surface area contributed by atoms with Gasteiger partial charge in [-0.15, -0.1) is 24.0 Å². The van der Waals surface area contributed by atoms with Crippen molar-refractivity contribution in [1.29, 1.82) is 0 Å². The van der Waals surface area contributed by atoms with Gasteiger partial charge in [-0.3, -0.25) is 9.79 Å². The molecule has 116 valence electrons. The highest BCUT2D eigenvalue weighted by Gasteiger charge is 2.19. The highest BCUT2D eigenvalue weighted by molar-refractivity contribution is 14.0. The Morgan fingerprint density at radius 2 is 2.15 bits per heavy atom. The molecule has 2 rings (SSSR count). The van der Waals surface area contributed by atoms with Gasteiger partial charge >= 0.3 is 0 Å². The zero-order valence-electron chi connectivity index (χ0n) is 12.0. The Morgan fingerprint density at radius 1 is 1.40 bits per heavy atom. The molecule has 0 aliphatic carbocycles. The lowest BCUT2D eigenvalue weighted by molar-refractivity contribution is -0.122. The maximum Gasteiger partial charge on any atom is 0.220 e. The lowest BCUT2D eigenvalue weighted by Gasteiger charge is -2.27. The Labute approximate surface area is 142 Å². The number of hydrogen-bond acceptors (Lipinski definition) is 3. The number of piperidine rings is 1. The van der Waals surface area contributed by atoms with Crippen LogP contribution in [-0.4, -0.2) is 49.6 Å². The quantitative estimate of drug-likeness (QED) is 0.370. The lowest BCUT2D eigenvalue weighted by Crippen LogP contribution is -2.51. The van der Waals surface area contributed by atoms with E-state index in [4.69, 9.17) is 0 Å². The van der Waals surface area contributed by atoms with E-state index in [2.05, 4.69) is 32.7 Å². The average molecular weight is 412 g/mol. The van der Waals surface area contributed by atoms with Gasteiger partial charge in [0.15, 0.2) is 5.96 Å². The zero-order valence-corrected chi connectivity index (χ0v) is 15.1. The molecule has 1 unspecified atom stereocenters. The van der Waals surface area contributed by atoms with Gasteiger partial charge in [0.25, 0.3) is 0 Å². The molecule has 1 amide bonds. The number of guanidine groups is 1. The lowest BCUT2D eigenvalue weighted by atomic mass is 10.0. The summed E-state index contributed by atoms with van der Waals surface area (Å²) in [4.78, 5) is 15.4. The van der Waals surface area contributed by atoms with E-state index in [1.165, 1.54) is 24.3 Å². The summed E-state index contributed by atoms with van der Waals surface area (Å²) in [7, 11) is 1.80. The van der Waals surface area contributed by atoms with Crippen molar-refractivity contribution < 1.29 is 4.79 Å². The molecule has 2 aliphatic heterocycles. The van der Waals surface area contributed by atoms with Crippen LogP contribution >= 0.6 is 35.7 Å². The molecule has 0 aromatic rings. The third-order valence-electron chi connectivity index (χ3n) is 3.73. The number of nitrogens with zero attached hydrogens (tertiary/aromatic N) is 1. The van der Waals surface area contributed by atoms with Crippen LogP contribution < -0.4 is 16.0 Å². The molecule has 0 aromatic heterocycles. The molecule has 2 aliphatic rings. The summed E-state index contributed by atoms with van der Waals surface area (Å²) in [6.07, 6.45) is 4.09. The third kappa shape index (κ3) is 6.07. The summed E-state index contributed by atoms with van der Waals surface area (Å²) in [6.45, 7) is 1.69. The Morgan fingerprint density at radius 3 is 2.75 bits per heavy atom. The summed E-state index contributed by atoms with van der Waals surface area (Å²) in [5, 5.41) is 9.68. The maximum atomic E-state index is 11.1. The van der Waals surface area contributed by atoms with Crippen LogP contribution in [0.5, 0.6) is 0 Å². The van der Waals surface area contributed by atoms with Crippen LogP contribution in [0.3, 0.4) is 0 Å². The number of hydrogen-bond donors (Lipinski definition) is 3. The van der Waals surface area contributed by atoms with Gasteiger partial charge in [-0.1, -0.05) is 0 Å². The molecule has 2 saturated heterocycles. The molecule has 5 nitrogen and oxygen atoms in total. The first-order valence-electron chi connectivity index (χ1n) is 7.09. The molecular weight excluding hydrogens is 387 g/mol. The first-order valence-corrected chi connectivity index (χ1v) is 8.25. The molecule has 0 radical (unpaired) electrons. The van der Waals surface area contributed by atoms with Crippen molar-refractivity contribution in [1.82, 2.24) is 16.0 Å². The number of thioether (sulfide) groups is 1. The normalized spacial score (nSPS) is 24.6. The summed E-state index contributed by atoms with van der Waals surface area (Å²) in [5.74, 6) is 4.35. The summed E-state index contributed by atoms with van der Waals surface area (Å²) >= 11 is 2.05. The molecule has 0 spiro atoms. The Hall–Kier alpha value is -0.180. The second kappa shape index (κ2) is 9.70. The fourth-order valence-electron chi connectivity index (χ4n) is 2.44. The minimum Gasteiger partial charge on any atom is -0.356 e. The fourth-order valence-corrected chi connectivity index (χ4v) is 3.64. The number of halogens is 1. The molecule has 1 atom stereocenters. The van der Waals surface area contributed by atoms with Crippen LogP contribution in [0.15, 0.2) is 4.99 Å². The fraction of sp³-hybridized carbons (Fsp3) is 0.846. The highest BCUT2D eigenvalue weighted by atomic mass is 127. The zero-order chi connectivity index (χ0) is 13.5. The molecule has 2 heterocycles. The number of carbonyl (C=O) groups excluding carboxylic acids is 1. The second-order valence-corrected chi connectivity index (χ2v) is 6.42. The number of nitrogens with one attached hydrogen (secondary N) is 3. The second-order valence-electron chi connectivity index (χ2n) is 5.19.